The van der Waals surface area contributed by atoms with Crippen LogP contribution >= 0.6 is 0 Å². The van der Waals surface area contributed by atoms with Gasteiger partial charge < -0.3 is 54.8 Å². The van der Waals surface area contributed by atoms with Gasteiger partial charge >= 0.3 is 35.8 Å². The first kappa shape index (κ1) is 61.4. The van der Waals surface area contributed by atoms with Crippen LogP contribution in [-0.2, 0) is 102 Å². The third kappa shape index (κ3) is 16.4. The van der Waals surface area contributed by atoms with Crippen LogP contribution in [0.4, 0.5) is 20.2 Å². The highest BCUT2D eigenvalue weighted by atomic mass is 19.1. The van der Waals surface area contributed by atoms with Gasteiger partial charge in [-0.15, -0.1) is 0 Å². The lowest BCUT2D eigenvalue weighted by atomic mass is 9.95. The molecule has 27 heteroatoms. The molecule has 2 aromatic carbocycles. The van der Waals surface area contributed by atoms with Crippen molar-refractivity contribution in [3.05, 3.63) is 94.1 Å². The van der Waals surface area contributed by atoms with Crippen molar-refractivity contribution in [2.45, 2.75) is 104 Å². The number of carbonyl (C=O) groups excluding carboxylic acids is 8. The zero-order valence-electron chi connectivity index (χ0n) is 45.6. The summed E-state index contributed by atoms with van der Waals surface area (Å²) in [5.74, 6) is -6.83. The van der Waals surface area contributed by atoms with E-state index in [0.29, 0.717) is 43.1 Å². The van der Waals surface area contributed by atoms with Crippen LogP contribution in [0.3, 0.4) is 0 Å². The molecule has 81 heavy (non-hydrogen) atoms. The number of cyclic esters (lactones) is 2. The average molecular weight is 1130 g/mol. The first-order chi connectivity index (χ1) is 38.6. The molecule has 25 nitrogen and oxygen atoms in total. The number of nitriles is 2. The minimum Gasteiger partial charge on any atom is -0.448 e. The van der Waals surface area contributed by atoms with Crippen LogP contribution in [0.2, 0.25) is 0 Å². The van der Waals surface area contributed by atoms with Crippen molar-refractivity contribution < 1.29 is 70.8 Å². The van der Waals surface area contributed by atoms with E-state index in [0.717, 1.165) is 90.2 Å². The smallest absolute Gasteiger partial charge is 0.359 e. The van der Waals surface area contributed by atoms with Gasteiger partial charge in [-0.05, 0) is 80.5 Å². The van der Waals surface area contributed by atoms with Crippen molar-refractivity contribution >= 4 is 59.0 Å². The van der Waals surface area contributed by atoms with Crippen LogP contribution in [0.15, 0.2) is 48.8 Å². The van der Waals surface area contributed by atoms with Gasteiger partial charge in [0.1, 0.15) is 23.8 Å². The molecule has 0 bridgehead atoms. The van der Waals surface area contributed by atoms with Crippen molar-refractivity contribution in [2.75, 3.05) is 49.1 Å². The zero-order chi connectivity index (χ0) is 59.1. The largest absolute Gasteiger partial charge is 0.448 e. The summed E-state index contributed by atoms with van der Waals surface area (Å²) in [4.78, 5) is 99.2. The van der Waals surface area contributed by atoms with Gasteiger partial charge in [0, 0.05) is 105 Å². The number of ether oxygens (including phenoxy) is 5. The Bertz CT molecular complexity index is 3030. The van der Waals surface area contributed by atoms with E-state index in [9.17, 15) is 52.4 Å². The maximum atomic E-state index is 13.5. The van der Waals surface area contributed by atoms with E-state index >= 15 is 0 Å². The number of aromatic nitrogens is 4. The molecule has 4 aromatic rings. The van der Waals surface area contributed by atoms with Gasteiger partial charge in [0.25, 0.3) is 11.8 Å². The van der Waals surface area contributed by atoms with E-state index in [2.05, 4.69) is 46.0 Å². The molecule has 5 aliphatic rings. The highest BCUT2D eigenvalue weighted by molar-refractivity contribution is 6.01. The van der Waals surface area contributed by atoms with E-state index in [1.54, 1.807) is 30.1 Å². The number of halogens is 2. The molecule has 0 unspecified atom stereocenters. The summed E-state index contributed by atoms with van der Waals surface area (Å²) in [7, 11) is 3.73. The molecule has 4 N–H and O–H groups in total. The first-order valence-electron chi connectivity index (χ1n) is 25.9. The van der Waals surface area contributed by atoms with Crippen molar-refractivity contribution in [2.24, 2.45) is 31.7 Å². The quantitative estimate of drug-likeness (QED) is 0.104. The molecule has 3 fully saturated rings. The maximum Gasteiger partial charge on any atom is 0.359 e. The van der Waals surface area contributed by atoms with Gasteiger partial charge in [-0.25, -0.2) is 18.4 Å². The lowest BCUT2D eigenvalue weighted by Crippen LogP contribution is -2.54. The number of amides is 2. The Balaban J connectivity index is 0.000000208. The summed E-state index contributed by atoms with van der Waals surface area (Å²) in [6.45, 7) is 10.6. The van der Waals surface area contributed by atoms with E-state index in [1.807, 2.05) is 28.9 Å². The lowest BCUT2D eigenvalue weighted by Gasteiger charge is -2.34. The van der Waals surface area contributed by atoms with E-state index in [1.165, 1.54) is 40.4 Å². The number of esters is 6. The van der Waals surface area contributed by atoms with Crippen molar-refractivity contribution in [1.29, 1.82) is 10.5 Å². The van der Waals surface area contributed by atoms with Gasteiger partial charge in [-0.3, -0.25) is 38.1 Å². The molecular weight excluding hydrogens is 1060 g/mol. The number of hydrogen-bond donors (Lipinski definition) is 3. The number of anilines is 2. The molecular formula is C54H64F2N12O13. The number of benzene rings is 2. The fourth-order valence-electron chi connectivity index (χ4n) is 9.59. The highest BCUT2D eigenvalue weighted by Gasteiger charge is 2.49. The van der Waals surface area contributed by atoms with Gasteiger partial charge in [-0.1, -0.05) is 0 Å². The number of fused-ring (bicyclic) bond motifs is 2. The molecule has 0 aliphatic carbocycles. The van der Waals surface area contributed by atoms with Crippen LogP contribution in [-0.4, -0.2) is 136 Å². The first-order valence-corrected chi connectivity index (χ1v) is 25.9. The molecule has 9 rings (SSSR count). The molecule has 2 amide bonds. The number of carbonyl (C=O) groups is 8. The molecule has 3 saturated heterocycles. The molecule has 4 atom stereocenters. The number of nitrogens with two attached hydrogens (primary N) is 1. The fraction of sp³-hybridized carbons (Fsp3) is 0.481. The second-order valence-electron chi connectivity index (χ2n) is 19.5. The van der Waals surface area contributed by atoms with Crippen LogP contribution in [0, 0.1) is 46.1 Å². The summed E-state index contributed by atoms with van der Waals surface area (Å²) in [6.07, 6.45) is 0.661. The normalized spacial score (nSPS) is 18.0. The van der Waals surface area contributed by atoms with E-state index < -0.39 is 77.9 Å². The average Bonchev–Trinajstić information content (AvgIpc) is 4.40. The fourth-order valence-corrected chi connectivity index (χ4v) is 9.59. The molecule has 432 valence electrons. The van der Waals surface area contributed by atoms with Crippen molar-refractivity contribution in [3.8, 4) is 12.1 Å². The van der Waals surface area contributed by atoms with Crippen molar-refractivity contribution in [3.63, 3.8) is 0 Å². The predicted molar refractivity (Wildman–Crippen MR) is 279 cm³/mol. The highest BCUT2D eigenvalue weighted by Crippen LogP contribution is 2.29. The Kier molecular flexibility index (Phi) is 21.5. The van der Waals surface area contributed by atoms with Crippen LogP contribution in [0.5, 0.6) is 0 Å². The van der Waals surface area contributed by atoms with Crippen molar-refractivity contribution in [1.82, 2.24) is 35.1 Å². The second kappa shape index (κ2) is 28.4. The molecule has 7 heterocycles. The molecule has 2 aromatic heterocycles. The molecule has 5 aliphatic heterocycles. The van der Waals surface area contributed by atoms with E-state index in [-0.39, 0.29) is 36.9 Å². The summed E-state index contributed by atoms with van der Waals surface area (Å²) < 4.78 is 53.7. The third-order valence-corrected chi connectivity index (χ3v) is 13.8. The molecule has 0 radical (unpaired) electrons. The molecule has 0 spiro atoms. The Hall–Kier alpha value is -8.82. The summed E-state index contributed by atoms with van der Waals surface area (Å²) in [6, 6.07) is 12.6. The predicted octanol–water partition coefficient (Wildman–Crippen LogP) is 2.00. The van der Waals surface area contributed by atoms with Gasteiger partial charge in [0.15, 0.2) is 0 Å². The summed E-state index contributed by atoms with van der Waals surface area (Å²) in [5.41, 5.74) is 12.1. The van der Waals surface area contributed by atoms with Gasteiger partial charge in [0.2, 0.25) is 24.4 Å². The standard InChI is InChI=1S/C27H31FN6O6.C13H16FN3.C8H8O7.C6H9N3/c1-16(35)39-24(25(40-17(2)36)27(38)34-14-20-13-31-32(3)23(20)15-34)26(37)30-12-18-6-8-33(9-7-18)22-5-4-21(28)10-19(22)11-29;14-12-1-2-13(11(7-12)9-16)17-5-3-10(8-15)4-6-17;1-3(9)13-5-6(14-4(2)10)8(12)15-7(5)11;1-9-6-4-7-2-5(6)3-8-9/h4-5,10,13,18,24-25H,6-9,12,14-15H2,1-3H3,(H,30,37);1-2,7,10H,3-6,8,15H2;5-6H,1-2H3;3,7H,2,4H2,1H3/t24-,25-;;5-,6-;/m1.1./s1. The minimum absolute atomic E-state index is 0.0626. The van der Waals surface area contributed by atoms with Gasteiger partial charge in [-0.2, -0.15) is 20.7 Å². The van der Waals surface area contributed by atoms with Crippen LogP contribution in [0.1, 0.15) is 87.0 Å². The Labute approximate surface area is 465 Å². The van der Waals surface area contributed by atoms with Crippen LogP contribution < -0.4 is 26.2 Å². The Morgan fingerprint density at radius 2 is 1.19 bits per heavy atom. The Morgan fingerprint density at radius 1 is 0.704 bits per heavy atom. The minimum atomic E-state index is -1.67. The Morgan fingerprint density at radius 3 is 1.64 bits per heavy atom. The number of aryl methyl sites for hydroxylation is 2. The van der Waals surface area contributed by atoms with Crippen LogP contribution in [0.25, 0.3) is 0 Å². The number of piperidine rings is 2. The summed E-state index contributed by atoms with van der Waals surface area (Å²) >= 11 is 0. The SMILES string of the molecule is CC(=O)O[C@@H](C(=O)NCC1CCN(c2ccc(F)cc2C#N)CC1)[C@@H](OC(C)=O)C(=O)N1Cc2cnn(C)c2C1.CC(=O)O[C@H]1C(=O)OC(=O)[C@@H]1OC(C)=O.Cn1ncc2c1CNC2.N#Cc1cc(F)ccc1N1CCC(CN)CC1. The lowest BCUT2D eigenvalue weighted by molar-refractivity contribution is -0.178. The third-order valence-electron chi connectivity index (χ3n) is 13.8. The second-order valence-corrected chi connectivity index (χ2v) is 19.5. The number of nitrogens with one attached hydrogen (secondary N) is 2. The molecule has 0 saturated carbocycles. The number of nitrogens with zero attached hydrogens (tertiary/aromatic N) is 9. The number of rotatable bonds is 12. The zero-order valence-corrected chi connectivity index (χ0v) is 45.6. The monoisotopic (exact) mass is 1130 g/mol. The maximum absolute atomic E-state index is 13.5. The summed E-state index contributed by atoms with van der Waals surface area (Å²) in [5, 5.41) is 32.6. The van der Waals surface area contributed by atoms with Gasteiger partial charge in [0.05, 0.1) is 52.8 Å². The van der Waals surface area contributed by atoms with E-state index in [4.69, 9.17) is 20.5 Å². The topological polar surface area (TPSA) is 326 Å². The number of hydrogen-bond acceptors (Lipinski definition) is 21.